The molecule has 0 aliphatic carbocycles. The zero-order chi connectivity index (χ0) is 15.9. The summed E-state index contributed by atoms with van der Waals surface area (Å²) in [6.45, 7) is 0.609. The molecule has 0 saturated heterocycles. The molecule has 0 fully saturated rings. The molecule has 0 bridgehead atoms. The normalized spacial score (nSPS) is 12.0. The summed E-state index contributed by atoms with van der Waals surface area (Å²) in [6.07, 6.45) is 6.97. The zero-order valence-electron chi connectivity index (χ0n) is 12.8. The van der Waals surface area contributed by atoms with E-state index in [9.17, 15) is 4.79 Å². The number of nitrogens with zero attached hydrogens (tertiary/aromatic N) is 2. The first kappa shape index (κ1) is 15.5. The van der Waals surface area contributed by atoms with Crippen molar-refractivity contribution < 1.29 is 4.79 Å². The van der Waals surface area contributed by atoms with Crippen molar-refractivity contribution in [3.8, 4) is 0 Å². The van der Waals surface area contributed by atoms with Crippen LogP contribution in [0.2, 0.25) is 0 Å². The summed E-state index contributed by atoms with van der Waals surface area (Å²) in [5, 5.41) is 7.15. The average molecular weight is 325 g/mol. The van der Waals surface area contributed by atoms with Gasteiger partial charge in [0.1, 0.15) is 0 Å². The maximum absolute atomic E-state index is 12.3. The second-order valence-corrected chi connectivity index (χ2v) is 6.11. The maximum Gasteiger partial charge on any atom is 0.222 e. The molecule has 1 N–H and O–H groups in total. The Kier molecular flexibility index (Phi) is 5.21. The van der Waals surface area contributed by atoms with Gasteiger partial charge in [0.2, 0.25) is 5.91 Å². The second-order valence-electron chi connectivity index (χ2n) is 5.33. The molecule has 0 unspecified atom stereocenters. The first-order chi connectivity index (χ1) is 11.3. The highest BCUT2D eigenvalue weighted by Gasteiger charge is 2.17. The molecule has 1 amide bonds. The van der Waals surface area contributed by atoms with Gasteiger partial charge >= 0.3 is 0 Å². The SMILES string of the molecule is O=C(C[C@@H](c1ccsc1)n1cccc1)NCCc1ccccn1. The molecule has 5 heteroatoms. The minimum absolute atomic E-state index is 0.0473. The van der Waals surface area contributed by atoms with Gasteiger partial charge < -0.3 is 9.88 Å². The van der Waals surface area contributed by atoms with Crippen molar-refractivity contribution in [1.82, 2.24) is 14.9 Å². The first-order valence-electron chi connectivity index (χ1n) is 7.64. The van der Waals surface area contributed by atoms with Crippen LogP contribution in [0.3, 0.4) is 0 Å². The van der Waals surface area contributed by atoms with Gasteiger partial charge in [0, 0.05) is 37.3 Å². The Morgan fingerprint density at radius 2 is 2.09 bits per heavy atom. The zero-order valence-corrected chi connectivity index (χ0v) is 13.6. The monoisotopic (exact) mass is 325 g/mol. The topological polar surface area (TPSA) is 46.9 Å². The minimum atomic E-state index is 0.0473. The fourth-order valence-corrected chi connectivity index (χ4v) is 3.25. The summed E-state index contributed by atoms with van der Waals surface area (Å²) in [7, 11) is 0. The van der Waals surface area contributed by atoms with E-state index in [0.717, 1.165) is 12.1 Å². The van der Waals surface area contributed by atoms with E-state index < -0.39 is 0 Å². The molecule has 0 saturated carbocycles. The molecule has 3 heterocycles. The van der Waals surface area contributed by atoms with E-state index in [1.807, 2.05) is 48.1 Å². The van der Waals surface area contributed by atoms with Crippen LogP contribution in [-0.2, 0) is 11.2 Å². The van der Waals surface area contributed by atoms with Crippen LogP contribution in [0, 0.1) is 0 Å². The van der Waals surface area contributed by atoms with E-state index in [0.29, 0.717) is 13.0 Å². The number of amides is 1. The lowest BCUT2D eigenvalue weighted by atomic mass is 10.1. The molecule has 4 nitrogen and oxygen atoms in total. The third-order valence-electron chi connectivity index (χ3n) is 3.72. The maximum atomic E-state index is 12.3. The van der Waals surface area contributed by atoms with E-state index in [4.69, 9.17) is 0 Å². The lowest BCUT2D eigenvalue weighted by molar-refractivity contribution is -0.121. The summed E-state index contributed by atoms with van der Waals surface area (Å²) < 4.78 is 2.08. The Hall–Kier alpha value is -2.40. The van der Waals surface area contributed by atoms with Crippen molar-refractivity contribution in [3.63, 3.8) is 0 Å². The smallest absolute Gasteiger partial charge is 0.222 e. The summed E-state index contributed by atoms with van der Waals surface area (Å²) >= 11 is 1.65. The third-order valence-corrected chi connectivity index (χ3v) is 4.43. The van der Waals surface area contributed by atoms with Crippen LogP contribution >= 0.6 is 11.3 Å². The minimum Gasteiger partial charge on any atom is -0.356 e. The van der Waals surface area contributed by atoms with Crippen molar-refractivity contribution in [3.05, 3.63) is 77.0 Å². The van der Waals surface area contributed by atoms with E-state index in [-0.39, 0.29) is 11.9 Å². The van der Waals surface area contributed by atoms with Crippen molar-refractivity contribution in [2.45, 2.75) is 18.9 Å². The lowest BCUT2D eigenvalue weighted by Crippen LogP contribution is -2.28. The number of aromatic nitrogens is 2. The van der Waals surface area contributed by atoms with Gasteiger partial charge in [-0.25, -0.2) is 0 Å². The second kappa shape index (κ2) is 7.74. The molecule has 3 rings (SSSR count). The largest absolute Gasteiger partial charge is 0.356 e. The van der Waals surface area contributed by atoms with Crippen LogP contribution in [0.5, 0.6) is 0 Å². The van der Waals surface area contributed by atoms with Crippen LogP contribution in [0.15, 0.2) is 65.7 Å². The Balaban J connectivity index is 1.56. The highest BCUT2D eigenvalue weighted by molar-refractivity contribution is 7.08. The molecular weight excluding hydrogens is 306 g/mol. The van der Waals surface area contributed by atoms with Gasteiger partial charge in [-0.2, -0.15) is 11.3 Å². The van der Waals surface area contributed by atoms with Gasteiger partial charge in [-0.1, -0.05) is 6.07 Å². The number of carbonyl (C=O) groups is 1. The fourth-order valence-electron chi connectivity index (χ4n) is 2.54. The number of hydrogen-bond donors (Lipinski definition) is 1. The van der Waals surface area contributed by atoms with Gasteiger partial charge in [0.25, 0.3) is 0 Å². The molecule has 3 aromatic heterocycles. The molecule has 1 atom stereocenters. The summed E-state index contributed by atoms with van der Waals surface area (Å²) in [5.74, 6) is 0.0610. The molecule has 0 radical (unpaired) electrons. The van der Waals surface area contributed by atoms with Crippen molar-refractivity contribution >= 4 is 17.2 Å². The molecule has 118 valence electrons. The van der Waals surface area contributed by atoms with Crippen molar-refractivity contribution in [2.24, 2.45) is 0 Å². The molecule has 0 aromatic carbocycles. The quantitative estimate of drug-likeness (QED) is 0.724. The van der Waals surface area contributed by atoms with Crippen LogP contribution < -0.4 is 5.32 Å². The number of hydrogen-bond acceptors (Lipinski definition) is 3. The van der Waals surface area contributed by atoms with Crippen molar-refractivity contribution in [1.29, 1.82) is 0 Å². The Bertz CT molecular complexity index is 674. The van der Waals surface area contributed by atoms with E-state index in [1.54, 1.807) is 17.5 Å². The Morgan fingerprint density at radius 3 is 2.78 bits per heavy atom. The number of pyridine rings is 1. The summed E-state index contributed by atoms with van der Waals surface area (Å²) in [6, 6.07) is 11.9. The first-order valence-corrected chi connectivity index (χ1v) is 8.58. The van der Waals surface area contributed by atoms with Gasteiger partial charge in [0.05, 0.1) is 12.5 Å². The molecular formula is C18H19N3OS. The summed E-state index contributed by atoms with van der Waals surface area (Å²) in [5.41, 5.74) is 2.17. The van der Waals surface area contributed by atoms with Crippen molar-refractivity contribution in [2.75, 3.05) is 6.54 Å². The van der Waals surface area contributed by atoms with E-state index >= 15 is 0 Å². The standard InChI is InChI=1S/C18H19N3OS/c22-18(20-9-6-16-5-1-2-8-19-16)13-17(15-7-12-23-14-15)21-10-3-4-11-21/h1-5,7-8,10-12,14,17H,6,9,13H2,(H,20,22)/t17-/m0/s1. The average Bonchev–Trinajstić information content (AvgIpc) is 3.27. The van der Waals surface area contributed by atoms with E-state index in [2.05, 4.69) is 26.3 Å². The van der Waals surface area contributed by atoms with Gasteiger partial charge in [-0.05, 0) is 46.7 Å². The molecule has 3 aromatic rings. The highest BCUT2D eigenvalue weighted by atomic mass is 32.1. The number of rotatable bonds is 7. The Labute approximate surface area is 139 Å². The highest BCUT2D eigenvalue weighted by Crippen LogP contribution is 2.24. The number of carbonyl (C=O) groups excluding carboxylic acids is 1. The lowest BCUT2D eigenvalue weighted by Gasteiger charge is -2.18. The third kappa shape index (κ3) is 4.29. The number of nitrogens with one attached hydrogen (secondary N) is 1. The van der Waals surface area contributed by atoms with Gasteiger partial charge in [0.15, 0.2) is 0 Å². The predicted octanol–water partition coefficient (Wildman–Crippen LogP) is 3.28. The van der Waals surface area contributed by atoms with Gasteiger partial charge in [-0.15, -0.1) is 0 Å². The molecule has 23 heavy (non-hydrogen) atoms. The van der Waals surface area contributed by atoms with Crippen LogP contribution in [-0.4, -0.2) is 22.0 Å². The molecule has 0 spiro atoms. The van der Waals surface area contributed by atoms with Crippen LogP contribution in [0.1, 0.15) is 23.7 Å². The fraction of sp³-hybridized carbons (Fsp3) is 0.222. The predicted molar refractivity (Wildman–Crippen MR) is 92.5 cm³/mol. The van der Waals surface area contributed by atoms with Gasteiger partial charge in [-0.3, -0.25) is 9.78 Å². The number of thiophene rings is 1. The molecule has 0 aliphatic rings. The van der Waals surface area contributed by atoms with Crippen LogP contribution in [0.4, 0.5) is 0 Å². The molecule has 0 aliphatic heterocycles. The van der Waals surface area contributed by atoms with Crippen LogP contribution in [0.25, 0.3) is 0 Å². The van der Waals surface area contributed by atoms with E-state index in [1.165, 1.54) is 5.56 Å². The Morgan fingerprint density at radius 1 is 1.22 bits per heavy atom. The summed E-state index contributed by atoms with van der Waals surface area (Å²) in [4.78, 5) is 16.6.